The molecule has 1 rings (SSSR count). The van der Waals surface area contributed by atoms with E-state index in [1.54, 1.807) is 6.92 Å². The Hall–Kier alpha value is -1.43. The number of nitrogens with two attached hydrogens (primary N) is 1. The molecule has 4 N–H and O–H groups in total. The summed E-state index contributed by atoms with van der Waals surface area (Å²) in [6, 6.07) is -1.24. The first-order valence-corrected chi connectivity index (χ1v) is 3.89. The second-order valence-electron chi connectivity index (χ2n) is 2.96. The molecule has 1 saturated heterocycles. The van der Waals surface area contributed by atoms with Crippen LogP contribution in [0.5, 0.6) is 0 Å². The molecule has 0 aliphatic carbocycles. The van der Waals surface area contributed by atoms with Crippen molar-refractivity contribution in [3.05, 3.63) is 0 Å². The number of hydrogen-bond donors (Lipinski definition) is 3. The highest BCUT2D eigenvalue weighted by atomic mass is 16.2. The molecule has 0 spiro atoms. The van der Waals surface area contributed by atoms with E-state index in [0.717, 1.165) is 0 Å². The summed E-state index contributed by atoms with van der Waals surface area (Å²) < 4.78 is 0. The summed E-state index contributed by atoms with van der Waals surface area (Å²) in [4.78, 5) is 32.3. The van der Waals surface area contributed by atoms with Crippen LogP contribution in [0.2, 0.25) is 0 Å². The van der Waals surface area contributed by atoms with Crippen molar-refractivity contribution in [2.45, 2.75) is 25.4 Å². The Labute approximate surface area is 74.8 Å². The Bertz CT molecular complexity index is 264. The maximum atomic E-state index is 11.0. The molecule has 1 aliphatic rings. The van der Waals surface area contributed by atoms with Crippen LogP contribution in [0.3, 0.4) is 0 Å². The van der Waals surface area contributed by atoms with Crippen LogP contribution >= 0.6 is 0 Å². The third-order valence-electron chi connectivity index (χ3n) is 1.85. The average molecular weight is 185 g/mol. The first-order valence-electron chi connectivity index (χ1n) is 3.89. The fraction of sp³-hybridized carbons (Fsp3) is 0.571. The standard InChI is InChI=1S/C7H11N3O3/c1-3(6(8)12)9-4-2-5(11)10-7(4)13/h3-4,9H,2H2,1H3,(H2,8,12)(H,10,11,13). The van der Waals surface area contributed by atoms with Crippen molar-refractivity contribution >= 4 is 17.7 Å². The van der Waals surface area contributed by atoms with E-state index in [2.05, 4.69) is 10.6 Å². The highest BCUT2D eigenvalue weighted by Crippen LogP contribution is 2.01. The summed E-state index contributed by atoms with van der Waals surface area (Å²) in [5.41, 5.74) is 4.98. The molecule has 0 radical (unpaired) electrons. The summed E-state index contributed by atoms with van der Waals surface area (Å²) >= 11 is 0. The molecule has 0 bridgehead atoms. The zero-order chi connectivity index (χ0) is 10.0. The quantitative estimate of drug-likeness (QED) is 0.437. The third-order valence-corrected chi connectivity index (χ3v) is 1.85. The topological polar surface area (TPSA) is 101 Å². The van der Waals surface area contributed by atoms with Crippen molar-refractivity contribution in [1.29, 1.82) is 0 Å². The Balaban J connectivity index is 2.50. The van der Waals surface area contributed by atoms with Gasteiger partial charge in [0.25, 0.3) is 0 Å². The monoisotopic (exact) mass is 185 g/mol. The Kier molecular flexibility index (Phi) is 2.62. The second-order valence-corrected chi connectivity index (χ2v) is 2.96. The van der Waals surface area contributed by atoms with E-state index in [1.165, 1.54) is 0 Å². The predicted molar refractivity (Wildman–Crippen MR) is 43.3 cm³/mol. The highest BCUT2D eigenvalue weighted by Gasteiger charge is 2.31. The van der Waals surface area contributed by atoms with Gasteiger partial charge in [-0.3, -0.25) is 25.0 Å². The lowest BCUT2D eigenvalue weighted by atomic mass is 10.2. The van der Waals surface area contributed by atoms with E-state index in [4.69, 9.17) is 5.73 Å². The number of carbonyl (C=O) groups excluding carboxylic acids is 3. The summed E-state index contributed by atoms with van der Waals surface area (Å²) in [5, 5.41) is 4.77. The van der Waals surface area contributed by atoms with E-state index in [1.807, 2.05) is 0 Å². The van der Waals surface area contributed by atoms with Gasteiger partial charge in [0.1, 0.15) is 0 Å². The van der Waals surface area contributed by atoms with Crippen LogP contribution in [0.25, 0.3) is 0 Å². The minimum atomic E-state index is -0.630. The van der Waals surface area contributed by atoms with Gasteiger partial charge < -0.3 is 5.73 Å². The summed E-state index contributed by atoms with van der Waals surface area (Å²) in [5.74, 6) is -1.29. The molecule has 0 aromatic rings. The van der Waals surface area contributed by atoms with Gasteiger partial charge in [0.05, 0.1) is 18.5 Å². The first kappa shape index (κ1) is 9.66. The minimum Gasteiger partial charge on any atom is -0.368 e. The zero-order valence-corrected chi connectivity index (χ0v) is 7.16. The van der Waals surface area contributed by atoms with Crippen molar-refractivity contribution in [1.82, 2.24) is 10.6 Å². The molecular weight excluding hydrogens is 174 g/mol. The Morgan fingerprint density at radius 3 is 2.69 bits per heavy atom. The van der Waals surface area contributed by atoms with Gasteiger partial charge >= 0.3 is 0 Å². The first-order chi connectivity index (χ1) is 6.00. The van der Waals surface area contributed by atoms with Crippen molar-refractivity contribution < 1.29 is 14.4 Å². The molecule has 3 amide bonds. The van der Waals surface area contributed by atoms with E-state index in [0.29, 0.717) is 0 Å². The maximum Gasteiger partial charge on any atom is 0.244 e. The molecule has 0 aromatic heterocycles. The van der Waals surface area contributed by atoms with Crippen LogP contribution in [0.15, 0.2) is 0 Å². The van der Waals surface area contributed by atoms with Crippen molar-refractivity contribution in [3.8, 4) is 0 Å². The number of hydrogen-bond acceptors (Lipinski definition) is 4. The molecule has 1 heterocycles. The van der Waals surface area contributed by atoms with Gasteiger partial charge in [0.2, 0.25) is 17.7 Å². The molecule has 1 fully saturated rings. The number of primary amides is 1. The highest BCUT2D eigenvalue weighted by molar-refractivity contribution is 6.05. The fourth-order valence-corrected chi connectivity index (χ4v) is 1.07. The smallest absolute Gasteiger partial charge is 0.244 e. The predicted octanol–water partition coefficient (Wildman–Crippen LogP) is -2.14. The number of nitrogens with one attached hydrogen (secondary N) is 2. The SMILES string of the molecule is CC(NC1CC(=O)NC1=O)C(N)=O. The third kappa shape index (κ3) is 2.25. The van der Waals surface area contributed by atoms with Crippen LogP contribution in [-0.2, 0) is 14.4 Å². The van der Waals surface area contributed by atoms with Gasteiger partial charge in [0.15, 0.2) is 0 Å². The van der Waals surface area contributed by atoms with Gasteiger partial charge in [-0.15, -0.1) is 0 Å². The van der Waals surface area contributed by atoms with Crippen LogP contribution in [0, 0.1) is 0 Å². The number of amides is 3. The van der Waals surface area contributed by atoms with Gasteiger partial charge in [-0.1, -0.05) is 0 Å². The van der Waals surface area contributed by atoms with E-state index < -0.39 is 23.9 Å². The van der Waals surface area contributed by atoms with Crippen LogP contribution < -0.4 is 16.4 Å². The van der Waals surface area contributed by atoms with Gasteiger partial charge in [-0.05, 0) is 6.92 Å². The second kappa shape index (κ2) is 3.53. The van der Waals surface area contributed by atoms with Crippen molar-refractivity contribution in [2.75, 3.05) is 0 Å². The maximum absolute atomic E-state index is 11.0. The average Bonchev–Trinajstić information content (AvgIpc) is 2.30. The largest absolute Gasteiger partial charge is 0.368 e. The van der Waals surface area contributed by atoms with Crippen molar-refractivity contribution in [3.63, 3.8) is 0 Å². The normalized spacial score (nSPS) is 24.2. The molecular formula is C7H11N3O3. The summed E-state index contributed by atoms with van der Waals surface area (Å²) in [7, 11) is 0. The molecule has 0 saturated carbocycles. The zero-order valence-electron chi connectivity index (χ0n) is 7.16. The lowest BCUT2D eigenvalue weighted by Crippen LogP contribution is -2.47. The molecule has 2 atom stereocenters. The van der Waals surface area contributed by atoms with Crippen LogP contribution in [0.1, 0.15) is 13.3 Å². The van der Waals surface area contributed by atoms with E-state index in [9.17, 15) is 14.4 Å². The van der Waals surface area contributed by atoms with Gasteiger partial charge in [0, 0.05) is 0 Å². The fourth-order valence-electron chi connectivity index (χ4n) is 1.07. The molecule has 1 aliphatic heterocycles. The lowest BCUT2D eigenvalue weighted by molar-refractivity contribution is -0.125. The van der Waals surface area contributed by atoms with E-state index in [-0.39, 0.29) is 12.3 Å². The van der Waals surface area contributed by atoms with E-state index >= 15 is 0 Å². The molecule has 13 heavy (non-hydrogen) atoms. The number of carbonyl (C=O) groups is 3. The van der Waals surface area contributed by atoms with Gasteiger partial charge in [-0.2, -0.15) is 0 Å². The van der Waals surface area contributed by atoms with Crippen molar-refractivity contribution in [2.24, 2.45) is 5.73 Å². The van der Waals surface area contributed by atoms with Gasteiger partial charge in [-0.25, -0.2) is 0 Å². The van der Waals surface area contributed by atoms with Crippen LogP contribution in [-0.4, -0.2) is 29.8 Å². The Morgan fingerprint density at radius 2 is 2.31 bits per heavy atom. The lowest BCUT2D eigenvalue weighted by Gasteiger charge is -2.13. The number of imide groups is 1. The molecule has 6 heteroatoms. The van der Waals surface area contributed by atoms with Crippen LogP contribution in [0.4, 0.5) is 0 Å². The summed E-state index contributed by atoms with van der Waals surface area (Å²) in [6.07, 6.45) is 0.0659. The molecule has 0 aromatic carbocycles. The molecule has 2 unspecified atom stereocenters. The molecule has 6 nitrogen and oxygen atoms in total. The number of rotatable bonds is 3. The molecule has 72 valence electrons. The summed E-state index contributed by atoms with van der Waals surface area (Å²) in [6.45, 7) is 1.54. The minimum absolute atomic E-state index is 0.0659. The Morgan fingerprint density at radius 1 is 1.69 bits per heavy atom.